The van der Waals surface area contributed by atoms with Crippen LogP contribution in [-0.4, -0.2) is 14.1 Å². The highest BCUT2D eigenvalue weighted by Gasteiger charge is 2.20. The fourth-order valence-electron chi connectivity index (χ4n) is 3.76. The molecule has 8 heteroatoms. The molecule has 5 aromatic rings. The number of aromatic nitrogens is 3. The number of thiazole rings is 1. The second kappa shape index (κ2) is 9.39. The summed E-state index contributed by atoms with van der Waals surface area (Å²) in [4.78, 5) is 18.7. The van der Waals surface area contributed by atoms with E-state index in [1.807, 2.05) is 84.3 Å². The average Bonchev–Trinajstić information content (AvgIpc) is 3.19. The summed E-state index contributed by atoms with van der Waals surface area (Å²) in [5, 5.41) is 10.0. The molecule has 0 unspecified atom stereocenters. The summed E-state index contributed by atoms with van der Waals surface area (Å²) in [6.45, 7) is 2.01. The minimum absolute atomic E-state index is 0.157. The molecule has 0 N–H and O–H groups in total. The van der Waals surface area contributed by atoms with Gasteiger partial charge in [-0.25, -0.2) is 4.98 Å². The van der Waals surface area contributed by atoms with E-state index in [0.717, 1.165) is 22.5 Å². The number of para-hydroxylation sites is 2. The highest BCUT2D eigenvalue weighted by Crippen LogP contribution is 2.30. The normalized spacial score (nSPS) is 10.9. The molecule has 0 aliphatic carbocycles. The third-order valence-electron chi connectivity index (χ3n) is 5.44. The minimum atomic E-state index is -0.157. The fraction of sp³-hybridized carbons (Fsp3) is 0.0769. The van der Waals surface area contributed by atoms with Gasteiger partial charge in [-0.1, -0.05) is 77.7 Å². The van der Waals surface area contributed by atoms with Gasteiger partial charge in [0, 0.05) is 5.75 Å². The Morgan fingerprint density at radius 2 is 1.71 bits per heavy atom. The summed E-state index contributed by atoms with van der Waals surface area (Å²) in [6, 6.07) is 27.1. The van der Waals surface area contributed by atoms with Crippen molar-refractivity contribution >= 4 is 45.7 Å². The Balaban J connectivity index is 1.74. The molecule has 0 aliphatic rings. The van der Waals surface area contributed by atoms with Crippen molar-refractivity contribution in [2.75, 3.05) is 0 Å². The number of nitriles is 1. The van der Waals surface area contributed by atoms with Crippen LogP contribution in [0.4, 0.5) is 0 Å². The maximum Gasteiger partial charge on any atom is 0.278 e. The quantitative estimate of drug-likeness (QED) is 0.158. The number of thioether (sulfide) groups is 1. The first kappa shape index (κ1) is 22.3. The smallest absolute Gasteiger partial charge is 0.275 e. The van der Waals surface area contributed by atoms with Gasteiger partial charge < -0.3 is 0 Å². The average molecular weight is 499 g/mol. The molecule has 5 nitrogen and oxygen atoms in total. The van der Waals surface area contributed by atoms with E-state index in [1.54, 1.807) is 10.6 Å². The lowest BCUT2D eigenvalue weighted by Crippen LogP contribution is -2.21. The molecule has 0 radical (unpaired) electrons. The van der Waals surface area contributed by atoms with Crippen molar-refractivity contribution in [3.05, 3.63) is 110 Å². The molecule has 166 valence electrons. The molecule has 0 bridgehead atoms. The highest BCUT2D eigenvalue weighted by atomic mass is 32.2. The van der Waals surface area contributed by atoms with Gasteiger partial charge in [0.15, 0.2) is 14.8 Å². The van der Waals surface area contributed by atoms with Gasteiger partial charge in [-0.05, 0) is 54.5 Å². The molecule has 0 spiro atoms. The van der Waals surface area contributed by atoms with E-state index in [2.05, 4.69) is 6.07 Å². The van der Waals surface area contributed by atoms with Gasteiger partial charge in [-0.2, -0.15) is 5.26 Å². The summed E-state index contributed by atoms with van der Waals surface area (Å²) >= 11 is 8.39. The number of fused-ring (bicyclic) bond motifs is 1. The van der Waals surface area contributed by atoms with Gasteiger partial charge in [0.2, 0.25) is 0 Å². The number of hydrogen-bond donors (Lipinski definition) is 0. The monoisotopic (exact) mass is 498 g/mol. The van der Waals surface area contributed by atoms with E-state index in [0.29, 0.717) is 30.8 Å². The first-order valence-corrected chi connectivity index (χ1v) is 12.7. The van der Waals surface area contributed by atoms with Crippen molar-refractivity contribution in [1.29, 1.82) is 5.26 Å². The number of aryl methyl sites for hydroxylation is 1. The van der Waals surface area contributed by atoms with Crippen LogP contribution < -0.4 is 5.56 Å². The van der Waals surface area contributed by atoms with E-state index in [4.69, 9.17) is 17.2 Å². The van der Waals surface area contributed by atoms with Gasteiger partial charge in [-0.15, -0.1) is 0 Å². The zero-order valence-electron chi connectivity index (χ0n) is 18.1. The van der Waals surface area contributed by atoms with E-state index in [1.165, 1.54) is 23.1 Å². The molecule has 0 saturated carbocycles. The van der Waals surface area contributed by atoms with Crippen molar-refractivity contribution in [2.45, 2.75) is 17.8 Å². The lowest BCUT2D eigenvalue weighted by atomic mass is 10.1. The van der Waals surface area contributed by atoms with Crippen LogP contribution in [-0.2, 0) is 5.75 Å². The summed E-state index contributed by atoms with van der Waals surface area (Å²) in [7, 11) is 0. The van der Waals surface area contributed by atoms with Crippen LogP contribution in [0.5, 0.6) is 0 Å². The lowest BCUT2D eigenvalue weighted by molar-refractivity contribution is 0.811. The first-order chi connectivity index (χ1) is 16.6. The predicted molar refractivity (Wildman–Crippen MR) is 141 cm³/mol. The van der Waals surface area contributed by atoms with E-state index < -0.39 is 0 Å². The van der Waals surface area contributed by atoms with E-state index in [9.17, 15) is 10.1 Å². The number of rotatable bonds is 5. The van der Waals surface area contributed by atoms with E-state index in [-0.39, 0.29) is 5.56 Å². The molecule has 0 atom stereocenters. The van der Waals surface area contributed by atoms with Crippen molar-refractivity contribution in [3.8, 4) is 17.4 Å². The molecule has 2 aromatic heterocycles. The zero-order valence-corrected chi connectivity index (χ0v) is 20.6. The fourth-order valence-corrected chi connectivity index (χ4v) is 6.06. The van der Waals surface area contributed by atoms with Gasteiger partial charge in [0.25, 0.3) is 5.56 Å². The molecule has 5 rings (SSSR count). The molecule has 0 saturated heterocycles. The van der Waals surface area contributed by atoms with Crippen LogP contribution in [0.1, 0.15) is 16.7 Å². The van der Waals surface area contributed by atoms with Gasteiger partial charge in [0.1, 0.15) is 4.70 Å². The largest absolute Gasteiger partial charge is 0.278 e. The second-order valence-electron chi connectivity index (χ2n) is 7.57. The summed E-state index contributed by atoms with van der Waals surface area (Å²) < 4.78 is 4.61. The van der Waals surface area contributed by atoms with Crippen molar-refractivity contribution in [1.82, 2.24) is 14.1 Å². The minimum Gasteiger partial charge on any atom is -0.275 e. The summed E-state index contributed by atoms with van der Waals surface area (Å²) in [5.41, 5.74) is 4.60. The maximum absolute atomic E-state index is 13.8. The van der Waals surface area contributed by atoms with Crippen LogP contribution in [0.2, 0.25) is 0 Å². The molecule has 0 aliphatic heterocycles. The number of benzene rings is 3. The van der Waals surface area contributed by atoms with E-state index >= 15 is 0 Å². The maximum atomic E-state index is 13.8. The second-order valence-corrected chi connectivity index (χ2v) is 10.2. The SMILES string of the molecule is Cc1ccccc1-n1c(=S)sc2c(=O)n(-c3ccccc3)c(SCc3ccccc3C#N)nc21. The number of nitrogens with zero attached hydrogens (tertiary/aromatic N) is 4. The Morgan fingerprint density at radius 3 is 2.47 bits per heavy atom. The Hall–Kier alpha value is -3.51. The van der Waals surface area contributed by atoms with Crippen LogP contribution >= 0.6 is 35.3 Å². The molecule has 3 aromatic carbocycles. The third kappa shape index (κ3) is 3.99. The third-order valence-corrected chi connectivity index (χ3v) is 7.78. The molecular weight excluding hydrogens is 481 g/mol. The number of hydrogen-bond acceptors (Lipinski definition) is 6. The molecule has 0 amide bonds. The van der Waals surface area contributed by atoms with Crippen molar-refractivity contribution in [3.63, 3.8) is 0 Å². The van der Waals surface area contributed by atoms with Crippen LogP contribution in [0.15, 0.2) is 88.8 Å². The van der Waals surface area contributed by atoms with Crippen LogP contribution in [0.25, 0.3) is 21.7 Å². The Labute approximate surface area is 209 Å². The topological polar surface area (TPSA) is 63.6 Å². The summed E-state index contributed by atoms with van der Waals surface area (Å²) in [5.74, 6) is 0.504. The Bertz CT molecular complexity index is 1680. The Morgan fingerprint density at radius 1 is 1.00 bits per heavy atom. The van der Waals surface area contributed by atoms with Gasteiger partial charge >= 0.3 is 0 Å². The summed E-state index contributed by atoms with van der Waals surface area (Å²) in [6.07, 6.45) is 0. The predicted octanol–water partition coefficient (Wildman–Crippen LogP) is 6.44. The van der Waals surface area contributed by atoms with Crippen LogP contribution in [0.3, 0.4) is 0 Å². The molecule has 0 fully saturated rings. The first-order valence-electron chi connectivity index (χ1n) is 10.5. The Kier molecular flexibility index (Phi) is 6.16. The highest BCUT2D eigenvalue weighted by molar-refractivity contribution is 7.98. The molecule has 34 heavy (non-hydrogen) atoms. The molecule has 2 heterocycles. The van der Waals surface area contributed by atoms with Crippen LogP contribution in [0, 0.1) is 22.2 Å². The molecular formula is C26H18N4OS3. The van der Waals surface area contributed by atoms with Gasteiger partial charge in [0.05, 0.1) is 23.0 Å². The van der Waals surface area contributed by atoms with Gasteiger partial charge in [-0.3, -0.25) is 13.9 Å². The van der Waals surface area contributed by atoms with Crippen molar-refractivity contribution < 1.29 is 0 Å². The standard InChI is InChI=1S/C26H18N4OS3/c1-17-9-5-8-14-21(17)30-23-22(34-26(30)32)24(31)29(20-12-3-2-4-13-20)25(28-23)33-16-19-11-7-6-10-18(19)15-27/h2-14H,16H2,1H3. The van der Waals surface area contributed by atoms with Crippen molar-refractivity contribution in [2.24, 2.45) is 0 Å². The lowest BCUT2D eigenvalue weighted by Gasteiger charge is -2.14. The zero-order chi connectivity index (χ0) is 23.7.